The second-order valence-corrected chi connectivity index (χ2v) is 3.78. The van der Waals surface area contributed by atoms with Crippen molar-refractivity contribution in [2.45, 2.75) is 20.0 Å². The maximum Gasteiger partial charge on any atom is 0.0992 e. The van der Waals surface area contributed by atoms with Gasteiger partial charge in [-0.1, -0.05) is 12.0 Å². The van der Waals surface area contributed by atoms with Gasteiger partial charge in [0.05, 0.1) is 24.3 Å². The van der Waals surface area contributed by atoms with Gasteiger partial charge in [0.2, 0.25) is 0 Å². The Bertz CT molecular complexity index is 466. The Hall–Kier alpha value is -1.97. The molecule has 0 aliphatic carbocycles. The number of nitrogens with zero attached hydrogens (tertiary/aromatic N) is 2. The van der Waals surface area contributed by atoms with Crippen molar-refractivity contribution in [3.8, 4) is 18.4 Å². The van der Waals surface area contributed by atoms with Crippen LogP contribution in [0.1, 0.15) is 31.1 Å². The Balaban J connectivity index is 3.26. The maximum atomic E-state index is 9.72. The van der Waals surface area contributed by atoms with Gasteiger partial charge in [-0.25, -0.2) is 0 Å². The summed E-state index contributed by atoms with van der Waals surface area (Å²) in [6.07, 6.45) is 4.74. The largest absolute Gasteiger partial charge is 0.389 e. The van der Waals surface area contributed by atoms with E-state index in [1.165, 1.54) is 0 Å². The molecule has 0 aromatic heterocycles. The molecule has 0 amide bonds. The molecule has 0 aliphatic heterocycles. The highest BCUT2D eigenvalue weighted by Crippen LogP contribution is 2.27. The predicted molar refractivity (Wildman–Crippen MR) is 68.5 cm³/mol. The van der Waals surface area contributed by atoms with Crippen LogP contribution in [0.4, 0.5) is 5.69 Å². The second-order valence-electron chi connectivity index (χ2n) is 3.78. The van der Waals surface area contributed by atoms with Crippen LogP contribution < -0.4 is 4.90 Å². The van der Waals surface area contributed by atoms with Gasteiger partial charge in [0, 0.05) is 17.8 Å². The second kappa shape index (κ2) is 5.94. The third-order valence-electron chi connectivity index (χ3n) is 2.61. The number of benzene rings is 1. The molecule has 0 saturated heterocycles. The molecular weight excluding hydrogens is 212 g/mol. The number of aliphatic hydroxyl groups excluding tert-OH is 1. The van der Waals surface area contributed by atoms with Crippen molar-refractivity contribution < 1.29 is 5.11 Å². The molecule has 1 aromatic rings. The third kappa shape index (κ3) is 3.00. The molecule has 0 aliphatic rings. The van der Waals surface area contributed by atoms with Crippen molar-refractivity contribution in [2.75, 3.05) is 18.0 Å². The van der Waals surface area contributed by atoms with Gasteiger partial charge in [-0.05, 0) is 26.0 Å². The summed E-state index contributed by atoms with van der Waals surface area (Å²) in [5.41, 5.74) is 2.19. The summed E-state index contributed by atoms with van der Waals surface area (Å²) >= 11 is 0. The minimum Gasteiger partial charge on any atom is -0.389 e. The number of anilines is 1. The quantitative estimate of drug-likeness (QED) is 0.802. The first kappa shape index (κ1) is 13.1. The lowest BCUT2D eigenvalue weighted by Gasteiger charge is -2.24. The molecule has 0 fully saturated rings. The van der Waals surface area contributed by atoms with E-state index in [0.29, 0.717) is 12.1 Å². The molecule has 17 heavy (non-hydrogen) atoms. The van der Waals surface area contributed by atoms with E-state index in [-0.39, 0.29) is 0 Å². The lowest BCUT2D eigenvalue weighted by Crippen LogP contribution is -2.24. The fourth-order valence-electron chi connectivity index (χ4n) is 1.72. The highest BCUT2D eigenvalue weighted by atomic mass is 16.3. The molecule has 1 rings (SSSR count). The average Bonchev–Trinajstić information content (AvgIpc) is 2.35. The zero-order chi connectivity index (χ0) is 12.8. The molecule has 1 N–H and O–H groups in total. The maximum absolute atomic E-state index is 9.72. The number of rotatable bonds is 4. The first-order valence-electron chi connectivity index (χ1n) is 5.54. The Morgan fingerprint density at radius 1 is 1.53 bits per heavy atom. The summed E-state index contributed by atoms with van der Waals surface area (Å²) in [4.78, 5) is 1.96. The first-order valence-corrected chi connectivity index (χ1v) is 5.54. The van der Waals surface area contributed by atoms with Gasteiger partial charge in [-0.15, -0.1) is 6.42 Å². The Morgan fingerprint density at radius 2 is 2.24 bits per heavy atom. The van der Waals surface area contributed by atoms with Crippen LogP contribution in [0.2, 0.25) is 0 Å². The summed E-state index contributed by atoms with van der Waals surface area (Å²) in [5.74, 6) is 2.58. The zero-order valence-electron chi connectivity index (χ0n) is 10.1. The molecule has 3 nitrogen and oxygen atoms in total. The number of aliphatic hydroxyl groups is 1. The average molecular weight is 228 g/mol. The SMILES string of the molecule is C#CCN(CC)c1cc(C#N)ccc1[C@@H](C)O. The van der Waals surface area contributed by atoms with Crippen molar-refractivity contribution in [1.29, 1.82) is 5.26 Å². The van der Waals surface area contributed by atoms with Gasteiger partial charge in [-0.2, -0.15) is 5.26 Å². The van der Waals surface area contributed by atoms with Gasteiger partial charge in [-0.3, -0.25) is 0 Å². The van der Waals surface area contributed by atoms with E-state index in [2.05, 4.69) is 12.0 Å². The third-order valence-corrected chi connectivity index (χ3v) is 2.61. The zero-order valence-corrected chi connectivity index (χ0v) is 10.1. The normalized spacial score (nSPS) is 11.4. The first-order chi connectivity index (χ1) is 8.13. The van der Waals surface area contributed by atoms with E-state index in [1.54, 1.807) is 25.1 Å². The molecule has 0 radical (unpaired) electrons. The van der Waals surface area contributed by atoms with Crippen LogP contribution in [-0.2, 0) is 0 Å². The lowest BCUT2D eigenvalue weighted by atomic mass is 10.0. The molecule has 0 heterocycles. The fourth-order valence-corrected chi connectivity index (χ4v) is 1.72. The monoisotopic (exact) mass is 228 g/mol. The van der Waals surface area contributed by atoms with Gasteiger partial charge in [0.25, 0.3) is 0 Å². The fraction of sp³-hybridized carbons (Fsp3) is 0.357. The molecule has 0 bridgehead atoms. The number of hydrogen-bond acceptors (Lipinski definition) is 3. The van der Waals surface area contributed by atoms with Gasteiger partial charge >= 0.3 is 0 Å². The molecule has 0 saturated carbocycles. The van der Waals surface area contributed by atoms with E-state index in [4.69, 9.17) is 11.7 Å². The highest BCUT2D eigenvalue weighted by Gasteiger charge is 2.13. The summed E-state index contributed by atoms with van der Waals surface area (Å²) < 4.78 is 0. The molecule has 0 spiro atoms. The topological polar surface area (TPSA) is 47.3 Å². The van der Waals surface area contributed by atoms with Crippen LogP contribution in [0, 0.1) is 23.7 Å². The lowest BCUT2D eigenvalue weighted by molar-refractivity contribution is 0.199. The van der Waals surface area contributed by atoms with Crippen molar-refractivity contribution in [3.05, 3.63) is 29.3 Å². The van der Waals surface area contributed by atoms with Crippen LogP contribution in [0.5, 0.6) is 0 Å². The smallest absolute Gasteiger partial charge is 0.0992 e. The predicted octanol–water partition coefficient (Wildman–Crippen LogP) is 2.07. The van der Waals surface area contributed by atoms with Crippen molar-refractivity contribution >= 4 is 5.69 Å². The van der Waals surface area contributed by atoms with E-state index in [0.717, 1.165) is 17.8 Å². The number of hydrogen-bond donors (Lipinski definition) is 1. The van der Waals surface area contributed by atoms with E-state index in [9.17, 15) is 5.11 Å². The van der Waals surface area contributed by atoms with E-state index in [1.807, 2.05) is 11.8 Å². The number of nitriles is 1. The van der Waals surface area contributed by atoms with Crippen LogP contribution in [-0.4, -0.2) is 18.2 Å². The molecule has 0 unspecified atom stereocenters. The van der Waals surface area contributed by atoms with Crippen molar-refractivity contribution in [3.63, 3.8) is 0 Å². The molecule has 3 heteroatoms. The molecular formula is C14H16N2O. The van der Waals surface area contributed by atoms with Crippen molar-refractivity contribution in [1.82, 2.24) is 0 Å². The van der Waals surface area contributed by atoms with Crippen LogP contribution in [0.3, 0.4) is 0 Å². The Labute approximate surface area is 102 Å². The minimum atomic E-state index is -0.579. The molecule has 1 atom stereocenters. The summed E-state index contributed by atoms with van der Waals surface area (Å²) in [6, 6.07) is 7.34. The van der Waals surface area contributed by atoms with Gasteiger partial charge < -0.3 is 10.0 Å². The van der Waals surface area contributed by atoms with Crippen LogP contribution in [0.15, 0.2) is 18.2 Å². The Kier molecular flexibility index (Phi) is 4.57. The van der Waals surface area contributed by atoms with E-state index < -0.39 is 6.10 Å². The Morgan fingerprint density at radius 3 is 2.71 bits per heavy atom. The summed E-state index contributed by atoms with van der Waals surface area (Å²) in [6.45, 7) is 4.89. The summed E-state index contributed by atoms with van der Waals surface area (Å²) in [7, 11) is 0. The molecule has 88 valence electrons. The van der Waals surface area contributed by atoms with Crippen LogP contribution >= 0.6 is 0 Å². The molecule has 1 aromatic carbocycles. The minimum absolute atomic E-state index is 0.463. The van der Waals surface area contributed by atoms with E-state index >= 15 is 0 Å². The highest BCUT2D eigenvalue weighted by molar-refractivity contribution is 5.59. The number of terminal acetylenes is 1. The van der Waals surface area contributed by atoms with Crippen LogP contribution in [0.25, 0.3) is 0 Å². The van der Waals surface area contributed by atoms with Crippen molar-refractivity contribution in [2.24, 2.45) is 0 Å². The standard InChI is InChI=1S/C14H16N2O/c1-4-8-16(5-2)14-9-12(10-15)6-7-13(14)11(3)17/h1,6-7,9,11,17H,5,8H2,2-3H3/t11-/m1/s1. The summed E-state index contributed by atoms with van der Waals surface area (Å²) in [5, 5.41) is 18.6. The van der Waals surface area contributed by atoms with Gasteiger partial charge in [0.15, 0.2) is 0 Å². The van der Waals surface area contributed by atoms with Gasteiger partial charge in [0.1, 0.15) is 0 Å².